The van der Waals surface area contributed by atoms with Gasteiger partial charge in [-0.3, -0.25) is 0 Å². The zero-order chi connectivity index (χ0) is 15.7. The van der Waals surface area contributed by atoms with E-state index in [4.69, 9.17) is 15.6 Å². The molecule has 0 radical (unpaired) electrons. The highest BCUT2D eigenvalue weighted by atomic mass is 16.5. The molecule has 4 amide bonds. The highest BCUT2D eigenvalue weighted by Gasteiger charge is 2.08. The summed E-state index contributed by atoms with van der Waals surface area (Å²) in [5.74, 6) is -0.878. The van der Waals surface area contributed by atoms with Crippen LogP contribution in [-0.4, -0.2) is 42.8 Å². The first-order valence-corrected chi connectivity index (χ1v) is 6.01. The number of hydrogen-bond acceptors (Lipinski definition) is 4. The summed E-state index contributed by atoms with van der Waals surface area (Å²) >= 11 is 0. The molecule has 0 atom stereocenters. The van der Waals surface area contributed by atoms with Crippen LogP contribution in [0.2, 0.25) is 0 Å². The van der Waals surface area contributed by atoms with E-state index in [1.54, 1.807) is 18.2 Å². The van der Waals surface area contributed by atoms with E-state index < -0.39 is 24.6 Å². The van der Waals surface area contributed by atoms with Crippen molar-refractivity contribution in [1.29, 1.82) is 0 Å². The number of carboxylic acids is 1. The van der Waals surface area contributed by atoms with Gasteiger partial charge in [-0.25, -0.2) is 14.4 Å². The van der Waals surface area contributed by atoms with Crippen molar-refractivity contribution >= 4 is 23.7 Å². The number of carbonyl (C=O) groups is 3. The van der Waals surface area contributed by atoms with Crippen LogP contribution in [0.1, 0.15) is 0 Å². The zero-order valence-electron chi connectivity index (χ0n) is 11.1. The number of nitrogens with one attached hydrogen (secondary N) is 3. The summed E-state index contributed by atoms with van der Waals surface area (Å²) in [5.41, 5.74) is 5.20. The normalized spacial score (nSPS) is 9.52. The number of primary amides is 1. The van der Waals surface area contributed by atoms with Gasteiger partial charge >= 0.3 is 18.0 Å². The number of amides is 4. The largest absolute Gasteiger partial charge is 0.480 e. The minimum absolute atomic E-state index is 0.187. The van der Waals surface area contributed by atoms with Gasteiger partial charge in [0, 0.05) is 13.1 Å². The van der Waals surface area contributed by atoms with Gasteiger partial charge < -0.3 is 31.5 Å². The Bertz CT molecular complexity index is 520. The molecule has 0 aromatic heterocycles. The Morgan fingerprint density at radius 2 is 1.81 bits per heavy atom. The van der Waals surface area contributed by atoms with Gasteiger partial charge in [-0.2, -0.15) is 0 Å². The first-order chi connectivity index (χ1) is 9.99. The van der Waals surface area contributed by atoms with Crippen molar-refractivity contribution in [2.45, 2.75) is 0 Å². The molecule has 21 heavy (non-hydrogen) atoms. The van der Waals surface area contributed by atoms with Gasteiger partial charge in [0.1, 0.15) is 5.75 Å². The molecule has 0 heterocycles. The average Bonchev–Trinajstić information content (AvgIpc) is 2.42. The number of ether oxygens (including phenoxy) is 1. The summed E-state index contributed by atoms with van der Waals surface area (Å²) in [5, 5.41) is 15.9. The van der Waals surface area contributed by atoms with Crippen molar-refractivity contribution in [1.82, 2.24) is 10.6 Å². The topological polar surface area (TPSA) is 143 Å². The van der Waals surface area contributed by atoms with Crippen LogP contribution in [0.3, 0.4) is 0 Å². The maximum Gasteiger partial charge on any atom is 0.341 e. The van der Waals surface area contributed by atoms with E-state index in [-0.39, 0.29) is 18.8 Å². The molecule has 1 aromatic carbocycles. The van der Waals surface area contributed by atoms with Crippen molar-refractivity contribution in [2.75, 3.05) is 25.0 Å². The molecule has 0 fully saturated rings. The fourth-order valence-electron chi connectivity index (χ4n) is 1.36. The number of rotatable bonds is 7. The van der Waals surface area contributed by atoms with E-state index in [0.717, 1.165) is 0 Å². The molecular formula is C12H16N4O5. The zero-order valence-corrected chi connectivity index (χ0v) is 11.1. The Labute approximate surface area is 120 Å². The number of benzene rings is 1. The smallest absolute Gasteiger partial charge is 0.341 e. The van der Waals surface area contributed by atoms with Gasteiger partial charge in [0.05, 0.1) is 5.69 Å². The van der Waals surface area contributed by atoms with Crippen LogP contribution >= 0.6 is 0 Å². The predicted molar refractivity (Wildman–Crippen MR) is 74.2 cm³/mol. The van der Waals surface area contributed by atoms with Crippen LogP contribution in [0.4, 0.5) is 15.3 Å². The summed E-state index contributed by atoms with van der Waals surface area (Å²) in [6.45, 7) is -0.129. The standard InChI is InChI=1S/C12H16N4O5/c13-11(19)14-5-6-15-12(20)16-8-3-1-2-4-9(8)21-7-10(17)18/h1-4H,5-7H2,(H,17,18)(H3,13,14,19)(H2,15,16,20). The van der Waals surface area contributed by atoms with E-state index in [0.29, 0.717) is 5.69 Å². The lowest BCUT2D eigenvalue weighted by atomic mass is 10.3. The predicted octanol–water partition coefficient (Wildman–Crippen LogP) is -0.0602. The fraction of sp³-hybridized carbons (Fsp3) is 0.250. The van der Waals surface area contributed by atoms with Crippen molar-refractivity contribution < 1.29 is 24.2 Å². The van der Waals surface area contributed by atoms with Crippen molar-refractivity contribution in [3.63, 3.8) is 0 Å². The van der Waals surface area contributed by atoms with Crippen molar-refractivity contribution in [2.24, 2.45) is 5.73 Å². The summed E-state index contributed by atoms with van der Waals surface area (Å²) in [6, 6.07) is 5.22. The van der Waals surface area contributed by atoms with Crippen molar-refractivity contribution in [3.8, 4) is 5.75 Å². The second-order valence-corrected chi connectivity index (χ2v) is 3.85. The maximum atomic E-state index is 11.6. The number of nitrogens with two attached hydrogens (primary N) is 1. The van der Waals surface area contributed by atoms with Crippen LogP contribution in [0, 0.1) is 0 Å². The lowest BCUT2D eigenvalue weighted by molar-refractivity contribution is -0.139. The molecule has 0 aliphatic heterocycles. The number of carboxylic acid groups (broad SMARTS) is 1. The number of anilines is 1. The average molecular weight is 296 g/mol. The molecule has 114 valence electrons. The lowest BCUT2D eigenvalue weighted by Crippen LogP contribution is -2.38. The van der Waals surface area contributed by atoms with E-state index in [9.17, 15) is 14.4 Å². The minimum atomic E-state index is -1.12. The Kier molecular flexibility index (Phi) is 6.32. The Morgan fingerprint density at radius 1 is 1.14 bits per heavy atom. The Hall–Kier alpha value is -2.97. The molecule has 0 unspecified atom stereocenters. The SMILES string of the molecule is NC(=O)NCCNC(=O)Nc1ccccc1OCC(=O)O. The highest BCUT2D eigenvalue weighted by Crippen LogP contribution is 2.23. The first kappa shape index (κ1) is 16.1. The molecule has 0 saturated carbocycles. The monoisotopic (exact) mass is 296 g/mol. The molecule has 0 saturated heterocycles. The third kappa shape index (κ3) is 6.66. The summed E-state index contributed by atoms with van der Waals surface area (Å²) in [4.78, 5) is 32.5. The number of urea groups is 2. The third-order valence-corrected chi connectivity index (χ3v) is 2.20. The summed E-state index contributed by atoms with van der Waals surface area (Å²) in [6.07, 6.45) is 0. The molecular weight excluding hydrogens is 280 g/mol. The number of aliphatic carboxylic acids is 1. The van der Waals surface area contributed by atoms with Crippen LogP contribution in [-0.2, 0) is 4.79 Å². The van der Waals surface area contributed by atoms with Crippen LogP contribution < -0.4 is 26.4 Å². The van der Waals surface area contributed by atoms with Crippen LogP contribution in [0.15, 0.2) is 24.3 Å². The molecule has 9 nitrogen and oxygen atoms in total. The van der Waals surface area contributed by atoms with Gasteiger partial charge in [0.2, 0.25) is 0 Å². The maximum absolute atomic E-state index is 11.6. The van der Waals surface area contributed by atoms with E-state index in [1.165, 1.54) is 6.07 Å². The van der Waals surface area contributed by atoms with Crippen molar-refractivity contribution in [3.05, 3.63) is 24.3 Å². The molecule has 0 aliphatic rings. The Balaban J connectivity index is 2.47. The van der Waals surface area contributed by atoms with Gasteiger partial charge in [0.15, 0.2) is 6.61 Å². The molecule has 9 heteroatoms. The summed E-state index contributed by atoms with van der Waals surface area (Å²) in [7, 11) is 0. The second-order valence-electron chi connectivity index (χ2n) is 3.85. The molecule has 0 spiro atoms. The van der Waals surface area contributed by atoms with Gasteiger partial charge in [-0.05, 0) is 12.1 Å². The van der Waals surface area contributed by atoms with E-state index in [2.05, 4.69) is 16.0 Å². The molecule has 0 aliphatic carbocycles. The second kappa shape index (κ2) is 8.25. The summed E-state index contributed by atoms with van der Waals surface area (Å²) < 4.78 is 5.04. The highest BCUT2D eigenvalue weighted by molar-refractivity contribution is 5.91. The minimum Gasteiger partial charge on any atom is -0.480 e. The van der Waals surface area contributed by atoms with Gasteiger partial charge in [0.25, 0.3) is 0 Å². The first-order valence-electron chi connectivity index (χ1n) is 6.01. The van der Waals surface area contributed by atoms with Crippen LogP contribution in [0.25, 0.3) is 0 Å². The molecule has 1 aromatic rings. The van der Waals surface area contributed by atoms with Gasteiger partial charge in [-0.1, -0.05) is 12.1 Å². The quantitative estimate of drug-likeness (QED) is 0.448. The molecule has 0 bridgehead atoms. The van der Waals surface area contributed by atoms with Crippen LogP contribution in [0.5, 0.6) is 5.75 Å². The molecule has 1 rings (SSSR count). The Morgan fingerprint density at radius 3 is 2.48 bits per heavy atom. The fourth-order valence-corrected chi connectivity index (χ4v) is 1.36. The van der Waals surface area contributed by atoms with E-state index >= 15 is 0 Å². The number of para-hydroxylation sites is 2. The lowest BCUT2D eigenvalue weighted by Gasteiger charge is -2.12. The molecule has 6 N–H and O–H groups in total. The number of carbonyl (C=O) groups excluding carboxylic acids is 2. The number of hydrogen-bond donors (Lipinski definition) is 5. The van der Waals surface area contributed by atoms with Gasteiger partial charge in [-0.15, -0.1) is 0 Å². The third-order valence-electron chi connectivity index (χ3n) is 2.20. The van der Waals surface area contributed by atoms with E-state index in [1.807, 2.05) is 0 Å².